The molecule has 1 saturated heterocycles. The number of halogens is 1. The first-order valence-corrected chi connectivity index (χ1v) is 8.30. The lowest BCUT2D eigenvalue weighted by Gasteiger charge is -2.24. The molecule has 21 heavy (non-hydrogen) atoms. The van der Waals surface area contributed by atoms with Gasteiger partial charge in [0.25, 0.3) is 5.24 Å². The smallest absolute Gasteiger partial charge is 0.282 e. The van der Waals surface area contributed by atoms with Gasteiger partial charge in [0.1, 0.15) is 6.54 Å². The van der Waals surface area contributed by atoms with Crippen LogP contribution in [0.2, 0.25) is 5.02 Å². The first kappa shape index (κ1) is 16.2. The van der Waals surface area contributed by atoms with Gasteiger partial charge in [-0.2, -0.15) is 0 Å². The molecule has 1 aromatic rings. The molecule has 1 aliphatic rings. The van der Waals surface area contributed by atoms with E-state index in [1.165, 1.54) is 11.8 Å². The molecule has 4 nitrogen and oxygen atoms in total. The van der Waals surface area contributed by atoms with Gasteiger partial charge in [-0.05, 0) is 23.6 Å². The molecule has 0 aromatic heterocycles. The molecular formula is C15H19ClN2O2S. The highest BCUT2D eigenvalue weighted by molar-refractivity contribution is 8.13. The Morgan fingerprint density at radius 2 is 2.05 bits per heavy atom. The molecule has 1 atom stereocenters. The highest BCUT2D eigenvalue weighted by Gasteiger charge is 2.25. The van der Waals surface area contributed by atoms with Crippen LogP contribution in [0.4, 0.5) is 4.79 Å². The SMILES string of the molecule is CC(C)C(NC(=O)CN1CCSC1=O)c1ccc(Cl)cc1. The molecule has 1 heterocycles. The van der Waals surface area contributed by atoms with E-state index in [2.05, 4.69) is 19.2 Å². The number of benzene rings is 1. The Bertz CT molecular complexity index is 519. The van der Waals surface area contributed by atoms with Crippen molar-refractivity contribution in [1.82, 2.24) is 10.2 Å². The van der Waals surface area contributed by atoms with E-state index in [0.717, 1.165) is 11.3 Å². The van der Waals surface area contributed by atoms with Crippen LogP contribution in [-0.4, -0.2) is 34.9 Å². The molecule has 1 N–H and O–H groups in total. The van der Waals surface area contributed by atoms with Crippen molar-refractivity contribution in [1.29, 1.82) is 0 Å². The van der Waals surface area contributed by atoms with Crippen LogP contribution in [0.5, 0.6) is 0 Å². The lowest BCUT2D eigenvalue weighted by Crippen LogP contribution is -2.40. The van der Waals surface area contributed by atoms with E-state index in [9.17, 15) is 9.59 Å². The molecule has 6 heteroatoms. The molecule has 0 saturated carbocycles. The summed E-state index contributed by atoms with van der Waals surface area (Å²) in [6.07, 6.45) is 0. The van der Waals surface area contributed by atoms with Gasteiger partial charge in [0.05, 0.1) is 6.04 Å². The predicted molar refractivity (Wildman–Crippen MR) is 86.6 cm³/mol. The molecule has 0 radical (unpaired) electrons. The molecule has 2 rings (SSSR count). The Balaban J connectivity index is 2.00. The molecule has 0 spiro atoms. The molecule has 0 bridgehead atoms. The molecule has 0 aliphatic carbocycles. The van der Waals surface area contributed by atoms with Gasteiger partial charge in [-0.25, -0.2) is 0 Å². The summed E-state index contributed by atoms with van der Waals surface area (Å²) in [6.45, 7) is 4.87. The third kappa shape index (κ3) is 4.38. The van der Waals surface area contributed by atoms with Gasteiger partial charge in [0.15, 0.2) is 0 Å². The van der Waals surface area contributed by atoms with Gasteiger partial charge < -0.3 is 10.2 Å². The second-order valence-corrected chi connectivity index (χ2v) is 6.86. The van der Waals surface area contributed by atoms with Crippen molar-refractivity contribution in [2.24, 2.45) is 5.92 Å². The van der Waals surface area contributed by atoms with Crippen LogP contribution in [-0.2, 0) is 4.79 Å². The van der Waals surface area contributed by atoms with Gasteiger partial charge in [-0.3, -0.25) is 9.59 Å². The number of hydrogen-bond donors (Lipinski definition) is 1. The van der Waals surface area contributed by atoms with Crippen LogP contribution in [0.3, 0.4) is 0 Å². The maximum atomic E-state index is 12.2. The summed E-state index contributed by atoms with van der Waals surface area (Å²) in [4.78, 5) is 25.3. The van der Waals surface area contributed by atoms with Gasteiger partial charge in [0.2, 0.25) is 5.91 Å². The van der Waals surface area contributed by atoms with Crippen LogP contribution in [0, 0.1) is 5.92 Å². The number of carbonyl (C=O) groups excluding carboxylic acids is 2. The summed E-state index contributed by atoms with van der Waals surface area (Å²) >= 11 is 7.16. The Morgan fingerprint density at radius 1 is 1.38 bits per heavy atom. The van der Waals surface area contributed by atoms with Crippen molar-refractivity contribution in [3.63, 3.8) is 0 Å². The summed E-state index contributed by atoms with van der Waals surface area (Å²) in [7, 11) is 0. The summed E-state index contributed by atoms with van der Waals surface area (Å²) in [6, 6.07) is 7.40. The monoisotopic (exact) mass is 326 g/mol. The van der Waals surface area contributed by atoms with Crippen molar-refractivity contribution in [3.05, 3.63) is 34.9 Å². The molecule has 1 fully saturated rings. The topological polar surface area (TPSA) is 49.4 Å². The Hall–Kier alpha value is -1.20. The van der Waals surface area contributed by atoms with E-state index in [4.69, 9.17) is 11.6 Å². The van der Waals surface area contributed by atoms with E-state index >= 15 is 0 Å². The molecular weight excluding hydrogens is 308 g/mol. The Kier molecular flexibility index (Phi) is 5.53. The van der Waals surface area contributed by atoms with Gasteiger partial charge in [-0.15, -0.1) is 0 Å². The van der Waals surface area contributed by atoms with Crippen LogP contribution in [0.15, 0.2) is 24.3 Å². The molecule has 1 unspecified atom stereocenters. The number of thioether (sulfide) groups is 1. The second kappa shape index (κ2) is 7.18. The Labute approximate surface area is 134 Å². The highest BCUT2D eigenvalue weighted by Crippen LogP contribution is 2.23. The molecule has 2 amide bonds. The number of nitrogens with zero attached hydrogens (tertiary/aromatic N) is 1. The first-order chi connectivity index (χ1) is 9.97. The van der Waals surface area contributed by atoms with Crippen molar-refractivity contribution < 1.29 is 9.59 Å². The third-order valence-electron chi connectivity index (χ3n) is 3.39. The zero-order valence-corrected chi connectivity index (χ0v) is 13.7. The quantitative estimate of drug-likeness (QED) is 0.903. The van der Waals surface area contributed by atoms with Gasteiger partial charge in [0, 0.05) is 17.3 Å². The number of hydrogen-bond acceptors (Lipinski definition) is 3. The average molecular weight is 327 g/mol. The number of amides is 2. The van der Waals surface area contributed by atoms with E-state index in [-0.39, 0.29) is 29.7 Å². The van der Waals surface area contributed by atoms with Crippen LogP contribution < -0.4 is 5.32 Å². The summed E-state index contributed by atoms with van der Waals surface area (Å²) < 4.78 is 0. The fraction of sp³-hybridized carbons (Fsp3) is 0.467. The number of nitrogens with one attached hydrogen (secondary N) is 1. The van der Waals surface area contributed by atoms with Crippen LogP contribution in [0.25, 0.3) is 0 Å². The van der Waals surface area contributed by atoms with E-state index in [1.807, 2.05) is 24.3 Å². The molecule has 1 aromatic carbocycles. The lowest BCUT2D eigenvalue weighted by molar-refractivity contribution is -0.122. The van der Waals surface area contributed by atoms with E-state index in [0.29, 0.717) is 11.6 Å². The summed E-state index contributed by atoms with van der Waals surface area (Å²) in [5.74, 6) is 0.884. The highest BCUT2D eigenvalue weighted by atomic mass is 35.5. The fourth-order valence-corrected chi connectivity index (χ4v) is 3.22. The predicted octanol–water partition coefficient (Wildman–Crippen LogP) is 3.32. The maximum Gasteiger partial charge on any atom is 0.282 e. The first-order valence-electron chi connectivity index (χ1n) is 6.94. The van der Waals surface area contributed by atoms with E-state index in [1.54, 1.807) is 4.90 Å². The van der Waals surface area contributed by atoms with Crippen LogP contribution in [0.1, 0.15) is 25.5 Å². The normalized spacial score (nSPS) is 16.4. The molecule has 114 valence electrons. The standard InChI is InChI=1S/C15H19ClN2O2S/c1-10(2)14(11-3-5-12(16)6-4-11)17-13(19)9-18-7-8-21-15(18)20/h3-6,10,14H,7-9H2,1-2H3,(H,17,19). The molecule has 1 aliphatic heterocycles. The lowest BCUT2D eigenvalue weighted by atomic mass is 9.96. The Morgan fingerprint density at radius 3 is 2.57 bits per heavy atom. The zero-order valence-electron chi connectivity index (χ0n) is 12.1. The zero-order chi connectivity index (χ0) is 15.4. The number of carbonyl (C=O) groups is 2. The fourth-order valence-electron chi connectivity index (χ4n) is 2.27. The minimum Gasteiger partial charge on any atom is -0.347 e. The van der Waals surface area contributed by atoms with Gasteiger partial charge >= 0.3 is 0 Å². The maximum absolute atomic E-state index is 12.2. The van der Waals surface area contributed by atoms with Gasteiger partial charge in [-0.1, -0.05) is 49.3 Å². The summed E-state index contributed by atoms with van der Waals surface area (Å²) in [5.41, 5.74) is 1.02. The summed E-state index contributed by atoms with van der Waals surface area (Å²) in [5, 5.41) is 3.67. The van der Waals surface area contributed by atoms with Crippen molar-refractivity contribution in [2.75, 3.05) is 18.8 Å². The van der Waals surface area contributed by atoms with Crippen LogP contribution >= 0.6 is 23.4 Å². The van der Waals surface area contributed by atoms with E-state index < -0.39 is 0 Å². The van der Waals surface area contributed by atoms with Crippen molar-refractivity contribution >= 4 is 34.5 Å². The minimum atomic E-state index is -0.125. The van der Waals surface area contributed by atoms with Crippen molar-refractivity contribution in [3.8, 4) is 0 Å². The minimum absolute atomic E-state index is 0.0160. The second-order valence-electron chi connectivity index (χ2n) is 5.38. The third-order valence-corrected chi connectivity index (χ3v) is 4.54. The largest absolute Gasteiger partial charge is 0.347 e. The average Bonchev–Trinajstić information content (AvgIpc) is 2.82. The van der Waals surface area contributed by atoms with Crippen molar-refractivity contribution in [2.45, 2.75) is 19.9 Å². The number of rotatable bonds is 5.